The van der Waals surface area contributed by atoms with E-state index in [0.29, 0.717) is 12.2 Å². The molecule has 7 heteroatoms. The van der Waals surface area contributed by atoms with Gasteiger partial charge in [0.05, 0.1) is 5.56 Å². The Kier molecular flexibility index (Phi) is 4.42. The fourth-order valence-electron chi connectivity index (χ4n) is 1.77. The van der Waals surface area contributed by atoms with Crippen molar-refractivity contribution in [3.05, 3.63) is 47.3 Å². The molecule has 0 aliphatic rings. The maximum Gasteiger partial charge on any atom is 0.419 e. The number of nitrogens with zero attached hydrogens (tertiary/aromatic N) is 2. The van der Waals surface area contributed by atoms with Crippen LogP contribution in [0.2, 0.25) is 0 Å². The molecule has 1 N–H and O–H groups in total. The lowest BCUT2D eigenvalue weighted by atomic mass is 10.2. The monoisotopic (exact) mass is 297 g/mol. The van der Waals surface area contributed by atoms with Crippen molar-refractivity contribution in [2.75, 3.05) is 7.05 Å². The number of halogens is 3. The lowest BCUT2D eigenvalue weighted by molar-refractivity contribution is -0.138. The van der Waals surface area contributed by atoms with E-state index in [1.54, 1.807) is 14.0 Å². The van der Waals surface area contributed by atoms with Gasteiger partial charge in [0.2, 0.25) is 0 Å². The van der Waals surface area contributed by atoms with Gasteiger partial charge in [0.15, 0.2) is 0 Å². The van der Waals surface area contributed by atoms with Gasteiger partial charge in [-0.2, -0.15) is 18.2 Å². The molecule has 0 spiro atoms. The molecule has 112 valence electrons. The number of ether oxygens (including phenoxy) is 1. The normalized spacial score (nSPS) is 11.5. The molecule has 1 aromatic heterocycles. The maximum absolute atomic E-state index is 12.9. The van der Waals surface area contributed by atoms with Crippen molar-refractivity contribution < 1.29 is 17.9 Å². The maximum atomic E-state index is 12.9. The molecule has 1 aromatic carbocycles. The molecule has 0 saturated carbocycles. The van der Waals surface area contributed by atoms with Gasteiger partial charge in [0, 0.05) is 24.0 Å². The Hall–Kier alpha value is -2.15. The van der Waals surface area contributed by atoms with Crippen molar-refractivity contribution in [2.24, 2.45) is 0 Å². The van der Waals surface area contributed by atoms with Gasteiger partial charge in [-0.05, 0) is 26.1 Å². The molecule has 0 amide bonds. The zero-order valence-corrected chi connectivity index (χ0v) is 11.5. The summed E-state index contributed by atoms with van der Waals surface area (Å²) in [5.41, 5.74) is 0.651. The van der Waals surface area contributed by atoms with Crippen LogP contribution in [0.1, 0.15) is 16.8 Å². The van der Waals surface area contributed by atoms with Gasteiger partial charge in [-0.15, -0.1) is 0 Å². The minimum Gasteiger partial charge on any atom is -0.424 e. The summed E-state index contributed by atoms with van der Waals surface area (Å²) in [6, 6.07) is 4.86. The number of hydrogen-bond donors (Lipinski definition) is 1. The molecule has 0 radical (unpaired) electrons. The standard InChI is InChI=1S/C14H14F3N3O/c1-9-10(7-18-2)8-19-13(20-9)21-12-6-4-3-5-11(12)14(15,16)17/h3-6,8,18H,7H2,1-2H3. The topological polar surface area (TPSA) is 47.0 Å². The van der Waals surface area contributed by atoms with Crippen LogP contribution in [0, 0.1) is 6.92 Å². The average Bonchev–Trinajstić information content (AvgIpc) is 2.41. The summed E-state index contributed by atoms with van der Waals surface area (Å²) in [7, 11) is 1.78. The Balaban J connectivity index is 2.29. The first-order valence-corrected chi connectivity index (χ1v) is 6.23. The number of aromatic nitrogens is 2. The Morgan fingerprint density at radius 3 is 2.57 bits per heavy atom. The lowest BCUT2D eigenvalue weighted by Gasteiger charge is -2.13. The van der Waals surface area contributed by atoms with E-state index in [-0.39, 0.29) is 11.8 Å². The molecule has 0 saturated heterocycles. The Morgan fingerprint density at radius 2 is 1.95 bits per heavy atom. The lowest BCUT2D eigenvalue weighted by Crippen LogP contribution is -2.10. The summed E-state index contributed by atoms with van der Waals surface area (Å²) in [6.07, 6.45) is -2.96. The number of alkyl halides is 3. The van der Waals surface area contributed by atoms with E-state index in [0.717, 1.165) is 11.6 Å². The van der Waals surface area contributed by atoms with Crippen LogP contribution in [0.3, 0.4) is 0 Å². The molecular weight excluding hydrogens is 283 g/mol. The zero-order valence-electron chi connectivity index (χ0n) is 11.5. The van der Waals surface area contributed by atoms with E-state index in [1.165, 1.54) is 24.4 Å². The number of aryl methyl sites for hydroxylation is 1. The Labute approximate surface area is 120 Å². The number of para-hydroxylation sites is 1. The average molecular weight is 297 g/mol. The molecule has 2 rings (SSSR count). The number of benzene rings is 1. The summed E-state index contributed by atoms with van der Waals surface area (Å²) in [4.78, 5) is 8.01. The van der Waals surface area contributed by atoms with Crippen LogP contribution < -0.4 is 10.1 Å². The first-order chi connectivity index (χ1) is 9.91. The molecule has 0 aliphatic heterocycles. The van der Waals surface area contributed by atoms with Gasteiger partial charge in [-0.1, -0.05) is 12.1 Å². The smallest absolute Gasteiger partial charge is 0.419 e. The van der Waals surface area contributed by atoms with Gasteiger partial charge in [0.1, 0.15) is 5.75 Å². The van der Waals surface area contributed by atoms with Crippen molar-refractivity contribution >= 4 is 0 Å². The van der Waals surface area contributed by atoms with Crippen LogP contribution in [0.25, 0.3) is 0 Å². The Morgan fingerprint density at radius 1 is 1.24 bits per heavy atom. The van der Waals surface area contributed by atoms with Crippen molar-refractivity contribution in [2.45, 2.75) is 19.6 Å². The largest absolute Gasteiger partial charge is 0.424 e. The van der Waals surface area contributed by atoms with Crippen LogP contribution in [-0.2, 0) is 12.7 Å². The fourth-order valence-corrected chi connectivity index (χ4v) is 1.77. The van der Waals surface area contributed by atoms with Crippen molar-refractivity contribution in [3.63, 3.8) is 0 Å². The van der Waals surface area contributed by atoms with Crippen LogP contribution in [-0.4, -0.2) is 17.0 Å². The summed E-state index contributed by atoms with van der Waals surface area (Å²) in [6.45, 7) is 2.32. The highest BCUT2D eigenvalue weighted by atomic mass is 19.4. The summed E-state index contributed by atoms with van der Waals surface area (Å²) in [5, 5.41) is 2.95. The Bertz CT molecular complexity index is 629. The second-order valence-corrected chi connectivity index (χ2v) is 4.39. The van der Waals surface area contributed by atoms with E-state index in [1.807, 2.05) is 0 Å². The summed E-state index contributed by atoms with van der Waals surface area (Å²) in [5.74, 6) is -0.314. The van der Waals surface area contributed by atoms with Crippen molar-refractivity contribution in [1.29, 1.82) is 0 Å². The van der Waals surface area contributed by atoms with Crippen LogP contribution in [0.4, 0.5) is 13.2 Å². The molecule has 21 heavy (non-hydrogen) atoms. The van der Waals surface area contributed by atoms with E-state index < -0.39 is 11.7 Å². The molecule has 0 aliphatic carbocycles. The molecule has 4 nitrogen and oxygen atoms in total. The minimum atomic E-state index is -4.49. The third-order valence-electron chi connectivity index (χ3n) is 2.82. The third-order valence-corrected chi connectivity index (χ3v) is 2.82. The molecule has 1 heterocycles. The highest BCUT2D eigenvalue weighted by molar-refractivity contribution is 5.37. The number of rotatable bonds is 4. The SMILES string of the molecule is CNCc1cnc(Oc2ccccc2C(F)(F)F)nc1C. The summed E-state index contributed by atoms with van der Waals surface area (Å²) < 4.78 is 43.8. The molecular formula is C14H14F3N3O. The van der Waals surface area contributed by atoms with E-state index in [2.05, 4.69) is 15.3 Å². The van der Waals surface area contributed by atoms with Crippen molar-refractivity contribution in [1.82, 2.24) is 15.3 Å². The van der Waals surface area contributed by atoms with E-state index in [9.17, 15) is 13.2 Å². The van der Waals surface area contributed by atoms with Gasteiger partial charge >= 0.3 is 12.2 Å². The molecule has 0 bridgehead atoms. The predicted molar refractivity (Wildman–Crippen MR) is 71.1 cm³/mol. The fraction of sp³-hybridized carbons (Fsp3) is 0.286. The predicted octanol–water partition coefficient (Wildman–Crippen LogP) is 3.32. The quantitative estimate of drug-likeness (QED) is 0.940. The second kappa shape index (κ2) is 6.09. The first-order valence-electron chi connectivity index (χ1n) is 6.23. The number of nitrogens with one attached hydrogen (secondary N) is 1. The molecule has 0 fully saturated rings. The van der Waals surface area contributed by atoms with Gasteiger partial charge < -0.3 is 10.1 Å². The minimum absolute atomic E-state index is 0.107. The molecule has 2 aromatic rings. The van der Waals surface area contributed by atoms with Gasteiger partial charge in [0.25, 0.3) is 0 Å². The van der Waals surface area contributed by atoms with Gasteiger partial charge in [-0.3, -0.25) is 0 Å². The van der Waals surface area contributed by atoms with Crippen LogP contribution in [0.5, 0.6) is 11.8 Å². The van der Waals surface area contributed by atoms with Gasteiger partial charge in [-0.25, -0.2) is 4.98 Å². The van der Waals surface area contributed by atoms with Crippen molar-refractivity contribution in [3.8, 4) is 11.8 Å². The zero-order chi connectivity index (χ0) is 15.5. The third kappa shape index (κ3) is 3.69. The highest BCUT2D eigenvalue weighted by Gasteiger charge is 2.34. The highest BCUT2D eigenvalue weighted by Crippen LogP contribution is 2.37. The molecule has 0 unspecified atom stereocenters. The summed E-state index contributed by atoms with van der Waals surface area (Å²) >= 11 is 0. The first kappa shape index (κ1) is 15.2. The molecule has 0 atom stereocenters. The van der Waals surface area contributed by atoms with E-state index >= 15 is 0 Å². The number of hydrogen-bond acceptors (Lipinski definition) is 4. The van der Waals surface area contributed by atoms with E-state index in [4.69, 9.17) is 4.74 Å². The second-order valence-electron chi connectivity index (χ2n) is 4.39. The van der Waals surface area contributed by atoms with Crippen LogP contribution in [0.15, 0.2) is 30.5 Å². The van der Waals surface area contributed by atoms with Crippen LogP contribution >= 0.6 is 0 Å².